The molecule has 10 heavy (non-hydrogen) atoms. The summed E-state index contributed by atoms with van der Waals surface area (Å²) in [6.07, 6.45) is 5.14. The molecule has 60 valence electrons. The largest absolute Gasteiger partial charge is 0.302 e. The van der Waals surface area contributed by atoms with Crippen LogP contribution in [0, 0.1) is 0 Å². The molecule has 0 rings (SSSR count). The molecule has 0 aliphatic heterocycles. The van der Waals surface area contributed by atoms with Crippen molar-refractivity contribution >= 4 is 22.2 Å². The molecule has 1 unspecified atom stereocenters. The summed E-state index contributed by atoms with van der Waals surface area (Å²) in [6, 6.07) is 0. The predicted octanol–water partition coefficient (Wildman–Crippen LogP) is 2.92. The molecule has 0 fully saturated rings. The molecule has 1 nitrogen and oxygen atoms in total. The summed E-state index contributed by atoms with van der Waals surface area (Å²) >= 11 is 3.42. The maximum absolute atomic E-state index is 10.5. The van der Waals surface area contributed by atoms with Crippen molar-refractivity contribution in [2.24, 2.45) is 0 Å². The van der Waals surface area contributed by atoms with Crippen LogP contribution in [0.4, 0.5) is 0 Å². The van der Waals surface area contributed by atoms with Gasteiger partial charge in [-0.1, -0.05) is 42.6 Å². The zero-order valence-electron chi connectivity index (χ0n) is 6.69. The van der Waals surface area contributed by atoms with Gasteiger partial charge >= 0.3 is 0 Å². The fourth-order valence-corrected chi connectivity index (χ4v) is 1.07. The molecule has 0 bridgehead atoms. The Kier molecular flexibility index (Phi) is 4.96. The number of hydrogen-bond acceptors (Lipinski definition) is 1. The van der Waals surface area contributed by atoms with E-state index in [0.717, 1.165) is 32.0 Å². The lowest BCUT2D eigenvalue weighted by Crippen LogP contribution is -2.20. The van der Waals surface area contributed by atoms with Gasteiger partial charge in [0.15, 0.2) is 0 Å². The third kappa shape index (κ3) is 3.35. The second-order valence-corrected chi connectivity index (χ2v) is 4.19. The van der Waals surface area contributed by atoms with Gasteiger partial charge in [-0.15, -0.1) is 0 Å². The van der Waals surface area contributed by atoms with Crippen LogP contribution < -0.4 is 0 Å². The molecule has 0 radical (unpaired) electrons. The van der Waals surface area contributed by atoms with Gasteiger partial charge in [0.05, 0.1) is 4.32 Å². The fourth-order valence-electron chi connectivity index (χ4n) is 0.790. The molecular weight excluding hydrogens is 192 g/mol. The van der Waals surface area contributed by atoms with Crippen molar-refractivity contribution in [3.05, 3.63) is 0 Å². The van der Waals surface area contributed by atoms with Crippen LogP contribution in [0.2, 0.25) is 0 Å². The summed E-state index contributed by atoms with van der Waals surface area (Å²) in [7, 11) is 0. The standard InChI is InChI=1S/C8H15BrO/c1-3-5-6-8(9,4-2)7-10/h7H,3-6H2,1-2H3. The number of carbonyl (C=O) groups is 1. The minimum Gasteiger partial charge on any atom is -0.302 e. The van der Waals surface area contributed by atoms with E-state index in [9.17, 15) is 4.79 Å². The van der Waals surface area contributed by atoms with Crippen molar-refractivity contribution in [3.8, 4) is 0 Å². The Labute approximate surface area is 71.3 Å². The van der Waals surface area contributed by atoms with Crippen LogP contribution in [0.25, 0.3) is 0 Å². The van der Waals surface area contributed by atoms with E-state index in [0.29, 0.717) is 0 Å². The highest BCUT2D eigenvalue weighted by molar-refractivity contribution is 9.10. The van der Waals surface area contributed by atoms with Crippen LogP contribution in [0.5, 0.6) is 0 Å². The quantitative estimate of drug-likeness (QED) is 0.500. The summed E-state index contributed by atoms with van der Waals surface area (Å²) in [4.78, 5) is 10.5. The fraction of sp³-hybridized carbons (Fsp3) is 0.875. The lowest BCUT2D eigenvalue weighted by Gasteiger charge is -2.17. The molecule has 0 saturated heterocycles. The van der Waals surface area contributed by atoms with Gasteiger partial charge in [-0.2, -0.15) is 0 Å². The molecule has 2 heteroatoms. The predicted molar refractivity (Wildman–Crippen MR) is 47.5 cm³/mol. The monoisotopic (exact) mass is 206 g/mol. The first kappa shape index (κ1) is 10.2. The Morgan fingerprint density at radius 3 is 2.40 bits per heavy atom. The molecule has 0 aromatic rings. The Balaban J connectivity index is 3.68. The van der Waals surface area contributed by atoms with E-state index >= 15 is 0 Å². The first-order valence-electron chi connectivity index (χ1n) is 3.83. The first-order chi connectivity index (χ1) is 4.68. The average molecular weight is 207 g/mol. The molecule has 0 spiro atoms. The molecule has 0 saturated carbocycles. The summed E-state index contributed by atoms with van der Waals surface area (Å²) in [5, 5.41) is 0. The second kappa shape index (κ2) is 4.89. The van der Waals surface area contributed by atoms with Crippen LogP contribution in [0.1, 0.15) is 39.5 Å². The summed E-state index contributed by atoms with van der Waals surface area (Å²) in [5.41, 5.74) is 0. The number of hydrogen-bond donors (Lipinski definition) is 0. The van der Waals surface area contributed by atoms with Crippen LogP contribution in [0.3, 0.4) is 0 Å². The number of rotatable bonds is 5. The minimum absolute atomic E-state index is 0.233. The van der Waals surface area contributed by atoms with Gasteiger partial charge in [-0.3, -0.25) is 0 Å². The molecule has 0 aromatic heterocycles. The molecule has 0 heterocycles. The van der Waals surface area contributed by atoms with Gasteiger partial charge in [-0.25, -0.2) is 0 Å². The van der Waals surface area contributed by atoms with Crippen LogP contribution in [-0.2, 0) is 4.79 Å². The van der Waals surface area contributed by atoms with Gasteiger partial charge in [0.1, 0.15) is 6.29 Å². The zero-order valence-corrected chi connectivity index (χ0v) is 8.28. The van der Waals surface area contributed by atoms with Crippen molar-refractivity contribution in [1.29, 1.82) is 0 Å². The number of carbonyl (C=O) groups excluding carboxylic acids is 1. The highest BCUT2D eigenvalue weighted by Crippen LogP contribution is 2.25. The Bertz CT molecular complexity index is 103. The van der Waals surface area contributed by atoms with Crippen molar-refractivity contribution in [1.82, 2.24) is 0 Å². The van der Waals surface area contributed by atoms with Crippen LogP contribution >= 0.6 is 15.9 Å². The van der Waals surface area contributed by atoms with Gasteiger partial charge in [-0.05, 0) is 12.8 Å². The maximum atomic E-state index is 10.5. The maximum Gasteiger partial charge on any atom is 0.136 e. The Hall–Kier alpha value is 0.150. The zero-order chi connectivity index (χ0) is 8.04. The van der Waals surface area contributed by atoms with E-state index in [1.54, 1.807) is 0 Å². The van der Waals surface area contributed by atoms with Gasteiger partial charge in [0, 0.05) is 0 Å². The third-order valence-corrected chi connectivity index (χ3v) is 2.89. The highest BCUT2D eigenvalue weighted by Gasteiger charge is 2.21. The smallest absolute Gasteiger partial charge is 0.136 e. The summed E-state index contributed by atoms with van der Waals surface area (Å²) < 4.78 is -0.233. The molecule has 0 N–H and O–H groups in total. The van der Waals surface area contributed by atoms with E-state index in [2.05, 4.69) is 22.9 Å². The van der Waals surface area contributed by atoms with Gasteiger partial charge in [0.2, 0.25) is 0 Å². The normalized spacial score (nSPS) is 16.3. The number of aldehydes is 1. The van der Waals surface area contributed by atoms with Gasteiger partial charge in [0.25, 0.3) is 0 Å². The van der Waals surface area contributed by atoms with E-state index < -0.39 is 0 Å². The number of unbranched alkanes of at least 4 members (excludes halogenated alkanes) is 1. The van der Waals surface area contributed by atoms with E-state index in [1.165, 1.54) is 0 Å². The molecule has 1 atom stereocenters. The Morgan fingerprint density at radius 1 is 1.50 bits per heavy atom. The summed E-state index contributed by atoms with van der Waals surface area (Å²) in [5.74, 6) is 0. The summed E-state index contributed by atoms with van der Waals surface area (Å²) in [6.45, 7) is 4.16. The van der Waals surface area contributed by atoms with Gasteiger partial charge < -0.3 is 4.79 Å². The van der Waals surface area contributed by atoms with Crippen molar-refractivity contribution < 1.29 is 4.79 Å². The number of halogens is 1. The minimum atomic E-state index is -0.233. The van der Waals surface area contributed by atoms with Crippen molar-refractivity contribution in [2.75, 3.05) is 0 Å². The van der Waals surface area contributed by atoms with Crippen molar-refractivity contribution in [3.63, 3.8) is 0 Å². The lowest BCUT2D eigenvalue weighted by atomic mass is 10.0. The van der Waals surface area contributed by atoms with E-state index in [4.69, 9.17) is 0 Å². The molecule has 0 aliphatic carbocycles. The molecule has 0 aliphatic rings. The number of alkyl halides is 1. The van der Waals surface area contributed by atoms with E-state index in [-0.39, 0.29) is 4.32 Å². The van der Waals surface area contributed by atoms with E-state index in [1.807, 2.05) is 6.92 Å². The molecule has 0 aromatic carbocycles. The van der Waals surface area contributed by atoms with Crippen molar-refractivity contribution in [2.45, 2.75) is 43.9 Å². The lowest BCUT2D eigenvalue weighted by molar-refractivity contribution is -0.109. The highest BCUT2D eigenvalue weighted by atomic mass is 79.9. The second-order valence-electron chi connectivity index (χ2n) is 2.61. The Morgan fingerprint density at radius 2 is 2.10 bits per heavy atom. The van der Waals surface area contributed by atoms with Crippen LogP contribution in [0.15, 0.2) is 0 Å². The first-order valence-corrected chi connectivity index (χ1v) is 4.63. The molecule has 0 amide bonds. The SMILES string of the molecule is CCCCC(Br)(C=O)CC. The molecular formula is C8H15BrO. The van der Waals surface area contributed by atoms with Crippen LogP contribution in [-0.4, -0.2) is 10.6 Å². The average Bonchev–Trinajstić information content (AvgIpc) is 2.00. The topological polar surface area (TPSA) is 17.1 Å². The third-order valence-electron chi connectivity index (χ3n) is 1.74.